The van der Waals surface area contributed by atoms with Crippen LogP contribution in [0.15, 0.2) is 24.3 Å². The average molecular weight is 384 g/mol. The number of rotatable bonds is 6. The Bertz CT molecular complexity index is 835. The summed E-state index contributed by atoms with van der Waals surface area (Å²) in [7, 11) is 1.90. The van der Waals surface area contributed by atoms with Gasteiger partial charge < -0.3 is 19.1 Å². The molecule has 1 aliphatic heterocycles. The van der Waals surface area contributed by atoms with Crippen LogP contribution in [-0.4, -0.2) is 55.3 Å². The first-order valence-electron chi connectivity index (χ1n) is 10.3. The molecular formula is C23H33N3O2. The second kappa shape index (κ2) is 8.82. The molecule has 28 heavy (non-hydrogen) atoms. The van der Waals surface area contributed by atoms with E-state index in [0.29, 0.717) is 6.54 Å². The van der Waals surface area contributed by atoms with E-state index in [-0.39, 0.29) is 5.91 Å². The molecule has 0 spiro atoms. The van der Waals surface area contributed by atoms with Crippen LogP contribution < -0.4 is 4.90 Å². The third-order valence-corrected chi connectivity index (χ3v) is 5.59. The highest BCUT2D eigenvalue weighted by Crippen LogP contribution is 2.33. The molecule has 5 nitrogen and oxygen atoms in total. The molecule has 2 aromatic rings. The zero-order valence-electron chi connectivity index (χ0n) is 17.9. The van der Waals surface area contributed by atoms with E-state index >= 15 is 0 Å². The maximum Gasteiger partial charge on any atom is 0.270 e. The van der Waals surface area contributed by atoms with Crippen molar-refractivity contribution < 1.29 is 9.53 Å². The first-order valence-corrected chi connectivity index (χ1v) is 10.3. The Morgan fingerprint density at radius 3 is 2.54 bits per heavy atom. The average Bonchev–Trinajstić information content (AvgIpc) is 2.92. The van der Waals surface area contributed by atoms with Crippen molar-refractivity contribution in [1.82, 2.24) is 9.47 Å². The molecule has 0 saturated carbocycles. The van der Waals surface area contributed by atoms with Crippen molar-refractivity contribution in [3.05, 3.63) is 52.3 Å². The lowest BCUT2D eigenvalue weighted by Gasteiger charge is -2.29. The van der Waals surface area contributed by atoms with Gasteiger partial charge in [0, 0.05) is 44.5 Å². The third-order valence-electron chi connectivity index (χ3n) is 5.59. The molecule has 1 aliphatic rings. The fraction of sp³-hybridized carbons (Fsp3) is 0.522. The Morgan fingerprint density at radius 1 is 1.18 bits per heavy atom. The van der Waals surface area contributed by atoms with E-state index in [1.54, 1.807) is 0 Å². The first-order chi connectivity index (χ1) is 13.4. The maximum absolute atomic E-state index is 13.3. The number of carbonyl (C=O) groups excluding carboxylic acids is 1. The standard InChI is InChI=1S/C23H33N3O2/c1-6-10-24(5)23(27)22-18(3)21(25-11-13-28-14-12-25)19(4)26(22)16-20-9-7-8-17(2)15-20/h7-9,15H,6,10-14,16H2,1-5H3. The van der Waals surface area contributed by atoms with Crippen molar-refractivity contribution in [2.45, 2.75) is 40.7 Å². The molecule has 3 rings (SSSR count). The number of benzene rings is 1. The van der Waals surface area contributed by atoms with Crippen LogP contribution in [-0.2, 0) is 11.3 Å². The molecule has 1 aromatic carbocycles. The highest BCUT2D eigenvalue weighted by molar-refractivity contribution is 5.96. The second-order valence-electron chi connectivity index (χ2n) is 7.81. The van der Waals surface area contributed by atoms with E-state index in [0.717, 1.165) is 56.2 Å². The largest absolute Gasteiger partial charge is 0.378 e. The van der Waals surface area contributed by atoms with Gasteiger partial charge in [0.2, 0.25) is 0 Å². The van der Waals surface area contributed by atoms with Crippen LogP contribution in [0.5, 0.6) is 0 Å². The van der Waals surface area contributed by atoms with Crippen molar-refractivity contribution >= 4 is 11.6 Å². The van der Waals surface area contributed by atoms with Crippen molar-refractivity contribution in [2.75, 3.05) is 44.8 Å². The molecule has 1 saturated heterocycles. The molecule has 0 atom stereocenters. The van der Waals surface area contributed by atoms with Gasteiger partial charge in [0.15, 0.2) is 0 Å². The minimum Gasteiger partial charge on any atom is -0.378 e. The highest BCUT2D eigenvalue weighted by Gasteiger charge is 2.28. The van der Waals surface area contributed by atoms with Gasteiger partial charge in [-0.1, -0.05) is 36.8 Å². The first kappa shape index (κ1) is 20.5. The molecule has 0 aliphatic carbocycles. The van der Waals surface area contributed by atoms with Gasteiger partial charge in [-0.2, -0.15) is 0 Å². The van der Waals surface area contributed by atoms with Crippen molar-refractivity contribution in [3.63, 3.8) is 0 Å². The molecule has 152 valence electrons. The van der Waals surface area contributed by atoms with E-state index < -0.39 is 0 Å². The Kier molecular flexibility index (Phi) is 6.45. The minimum absolute atomic E-state index is 0.106. The van der Waals surface area contributed by atoms with E-state index in [9.17, 15) is 4.79 Å². The summed E-state index contributed by atoms with van der Waals surface area (Å²) in [5.41, 5.74) is 6.72. The topological polar surface area (TPSA) is 37.7 Å². The summed E-state index contributed by atoms with van der Waals surface area (Å²) in [6.45, 7) is 13.1. The molecule has 0 radical (unpaired) electrons. The van der Waals surface area contributed by atoms with Gasteiger partial charge in [-0.15, -0.1) is 0 Å². The van der Waals surface area contributed by atoms with Gasteiger partial charge in [0.25, 0.3) is 5.91 Å². The molecular weight excluding hydrogens is 350 g/mol. The minimum atomic E-state index is 0.106. The van der Waals surface area contributed by atoms with Crippen molar-refractivity contribution in [3.8, 4) is 0 Å². The lowest BCUT2D eigenvalue weighted by Crippen LogP contribution is -2.36. The lowest BCUT2D eigenvalue weighted by atomic mass is 10.1. The van der Waals surface area contributed by atoms with E-state index in [2.05, 4.69) is 61.4 Å². The fourth-order valence-corrected chi connectivity index (χ4v) is 4.22. The number of anilines is 1. The Balaban J connectivity index is 2.07. The monoisotopic (exact) mass is 383 g/mol. The Hall–Kier alpha value is -2.27. The zero-order chi connectivity index (χ0) is 20.3. The molecule has 1 amide bonds. The van der Waals surface area contributed by atoms with E-state index in [4.69, 9.17) is 4.74 Å². The zero-order valence-corrected chi connectivity index (χ0v) is 17.9. The number of aromatic nitrogens is 1. The summed E-state index contributed by atoms with van der Waals surface area (Å²) in [5, 5.41) is 0. The van der Waals surface area contributed by atoms with Crippen molar-refractivity contribution in [1.29, 1.82) is 0 Å². The molecule has 0 N–H and O–H groups in total. The van der Waals surface area contributed by atoms with Crippen LogP contribution in [0.25, 0.3) is 0 Å². The predicted octanol–water partition coefficient (Wildman–Crippen LogP) is 3.78. The molecule has 5 heteroatoms. The summed E-state index contributed by atoms with van der Waals surface area (Å²) in [6.07, 6.45) is 0.954. The summed E-state index contributed by atoms with van der Waals surface area (Å²) in [6, 6.07) is 8.54. The van der Waals surface area contributed by atoms with Gasteiger partial charge in [-0.05, 0) is 32.8 Å². The number of hydrogen-bond donors (Lipinski definition) is 0. The van der Waals surface area contributed by atoms with Gasteiger partial charge in [0.05, 0.1) is 18.9 Å². The molecule has 0 bridgehead atoms. The van der Waals surface area contributed by atoms with Gasteiger partial charge in [0.1, 0.15) is 5.69 Å². The smallest absolute Gasteiger partial charge is 0.270 e. The number of morpholine rings is 1. The summed E-state index contributed by atoms with van der Waals surface area (Å²) in [4.78, 5) is 17.6. The van der Waals surface area contributed by atoms with Gasteiger partial charge >= 0.3 is 0 Å². The van der Waals surface area contributed by atoms with Crippen molar-refractivity contribution in [2.24, 2.45) is 0 Å². The van der Waals surface area contributed by atoms with Crippen LogP contribution >= 0.6 is 0 Å². The highest BCUT2D eigenvalue weighted by atomic mass is 16.5. The van der Waals surface area contributed by atoms with Gasteiger partial charge in [-0.25, -0.2) is 0 Å². The SMILES string of the molecule is CCCN(C)C(=O)c1c(C)c(N2CCOCC2)c(C)n1Cc1cccc(C)c1. The summed E-state index contributed by atoms with van der Waals surface area (Å²) in [5.74, 6) is 0.106. The number of carbonyl (C=O) groups is 1. The number of nitrogens with zero attached hydrogens (tertiary/aromatic N) is 3. The predicted molar refractivity (Wildman–Crippen MR) is 114 cm³/mol. The molecule has 2 heterocycles. The third kappa shape index (κ3) is 4.09. The lowest BCUT2D eigenvalue weighted by molar-refractivity contribution is 0.0784. The van der Waals surface area contributed by atoms with Crippen LogP contribution in [0, 0.1) is 20.8 Å². The normalized spacial score (nSPS) is 14.4. The van der Waals surface area contributed by atoms with Gasteiger partial charge in [-0.3, -0.25) is 4.79 Å². The molecule has 0 unspecified atom stereocenters. The number of hydrogen-bond acceptors (Lipinski definition) is 3. The molecule has 1 aromatic heterocycles. The number of ether oxygens (including phenoxy) is 1. The summed E-state index contributed by atoms with van der Waals surface area (Å²) < 4.78 is 7.75. The quantitative estimate of drug-likeness (QED) is 0.762. The Morgan fingerprint density at radius 2 is 1.89 bits per heavy atom. The Labute approximate surface area is 168 Å². The maximum atomic E-state index is 13.3. The second-order valence-corrected chi connectivity index (χ2v) is 7.81. The van der Waals surface area contributed by atoms with E-state index in [1.165, 1.54) is 16.8 Å². The molecule has 1 fully saturated rings. The number of aryl methyl sites for hydroxylation is 1. The summed E-state index contributed by atoms with van der Waals surface area (Å²) >= 11 is 0. The fourth-order valence-electron chi connectivity index (χ4n) is 4.22. The van der Waals surface area contributed by atoms with Crippen LogP contribution in [0.4, 0.5) is 5.69 Å². The van der Waals surface area contributed by atoms with Crippen LogP contribution in [0.1, 0.15) is 46.2 Å². The van der Waals surface area contributed by atoms with Crippen LogP contribution in [0.2, 0.25) is 0 Å². The van der Waals surface area contributed by atoms with E-state index in [1.807, 2.05) is 11.9 Å². The number of amides is 1. The van der Waals surface area contributed by atoms with Crippen LogP contribution in [0.3, 0.4) is 0 Å².